The van der Waals surface area contributed by atoms with Crippen molar-refractivity contribution in [3.63, 3.8) is 0 Å². The maximum atomic E-state index is 5.46. The Bertz CT molecular complexity index is 134. The van der Waals surface area contributed by atoms with Gasteiger partial charge in [-0.15, -0.1) is 0 Å². The standard InChI is InChI=1S/C10H24NOSi2/c1-5-7-9-11(10-8-6-2)14(3,4)12-13/h5-10H2,1-4H3. The molecule has 0 aromatic carbocycles. The first-order valence-corrected chi connectivity index (χ1v) is 8.94. The Labute approximate surface area is 93.8 Å². The smallest absolute Gasteiger partial charge is 0.254 e. The van der Waals surface area contributed by atoms with Gasteiger partial charge in [-0.2, -0.15) is 0 Å². The molecule has 0 aromatic rings. The lowest BCUT2D eigenvalue weighted by atomic mass is 10.3. The van der Waals surface area contributed by atoms with E-state index in [1.165, 1.54) is 38.8 Å². The summed E-state index contributed by atoms with van der Waals surface area (Å²) in [6.07, 6.45) is 5.06. The van der Waals surface area contributed by atoms with Gasteiger partial charge in [0.25, 0.3) is 8.48 Å². The van der Waals surface area contributed by atoms with Gasteiger partial charge in [0.05, 0.1) is 0 Å². The molecule has 0 heterocycles. The van der Waals surface area contributed by atoms with Crippen LogP contribution in [0.15, 0.2) is 0 Å². The Balaban J connectivity index is 4.08. The summed E-state index contributed by atoms with van der Waals surface area (Å²) >= 11 is 0. The van der Waals surface area contributed by atoms with E-state index in [1.807, 2.05) is 0 Å². The number of nitrogens with zero attached hydrogens (tertiary/aromatic N) is 1. The van der Waals surface area contributed by atoms with Gasteiger partial charge in [0.15, 0.2) is 0 Å². The van der Waals surface area contributed by atoms with E-state index in [0.29, 0.717) is 0 Å². The van der Waals surface area contributed by atoms with Gasteiger partial charge in [-0.3, -0.25) is 0 Å². The summed E-state index contributed by atoms with van der Waals surface area (Å²) in [5, 5.41) is 0. The van der Waals surface area contributed by atoms with Crippen LogP contribution in [-0.2, 0) is 4.12 Å². The Kier molecular flexibility index (Phi) is 7.81. The molecule has 0 aliphatic heterocycles. The fourth-order valence-electron chi connectivity index (χ4n) is 1.41. The van der Waals surface area contributed by atoms with E-state index in [9.17, 15) is 0 Å². The highest BCUT2D eigenvalue weighted by Gasteiger charge is 2.28. The predicted molar refractivity (Wildman–Crippen MR) is 65.7 cm³/mol. The van der Waals surface area contributed by atoms with Crippen molar-refractivity contribution in [2.45, 2.75) is 52.6 Å². The topological polar surface area (TPSA) is 12.5 Å². The highest BCUT2D eigenvalue weighted by molar-refractivity contribution is 6.70. The van der Waals surface area contributed by atoms with E-state index in [2.05, 4.69) is 42.0 Å². The summed E-state index contributed by atoms with van der Waals surface area (Å²) in [6, 6.07) is 0. The zero-order valence-corrected chi connectivity index (χ0v) is 12.1. The second kappa shape index (κ2) is 7.62. The maximum Gasteiger partial charge on any atom is 0.254 e. The molecule has 0 atom stereocenters. The van der Waals surface area contributed by atoms with Crippen LogP contribution in [0.2, 0.25) is 13.1 Å². The second-order valence-electron chi connectivity index (χ2n) is 4.24. The normalized spacial score (nSPS) is 12.4. The van der Waals surface area contributed by atoms with Crippen LogP contribution >= 0.6 is 0 Å². The molecule has 0 unspecified atom stereocenters. The van der Waals surface area contributed by atoms with Crippen molar-refractivity contribution in [1.29, 1.82) is 0 Å². The minimum absolute atomic E-state index is 1.18. The number of rotatable bonds is 8. The van der Waals surface area contributed by atoms with E-state index in [1.54, 1.807) is 0 Å². The van der Waals surface area contributed by atoms with Crippen molar-refractivity contribution in [2.24, 2.45) is 0 Å². The van der Waals surface area contributed by atoms with Gasteiger partial charge in [0.1, 0.15) is 0 Å². The van der Waals surface area contributed by atoms with Gasteiger partial charge in [-0.25, -0.2) is 0 Å². The highest BCUT2D eigenvalue weighted by Crippen LogP contribution is 2.12. The zero-order valence-electron chi connectivity index (χ0n) is 10.1. The summed E-state index contributed by atoms with van der Waals surface area (Å²) in [5.41, 5.74) is 0. The molecule has 0 saturated carbocycles. The molecule has 0 spiro atoms. The Morgan fingerprint density at radius 1 is 1.07 bits per heavy atom. The molecular formula is C10H24NOSi2. The lowest BCUT2D eigenvalue weighted by molar-refractivity contribution is 0.347. The Morgan fingerprint density at radius 3 is 1.79 bits per heavy atom. The van der Waals surface area contributed by atoms with E-state index >= 15 is 0 Å². The summed E-state index contributed by atoms with van der Waals surface area (Å²) in [5.74, 6) is 0. The first-order chi connectivity index (χ1) is 6.58. The Hall–Kier alpha value is 0.354. The van der Waals surface area contributed by atoms with Crippen molar-refractivity contribution < 1.29 is 4.12 Å². The molecule has 0 aliphatic carbocycles. The second-order valence-corrected chi connectivity index (χ2v) is 8.59. The van der Waals surface area contributed by atoms with E-state index < -0.39 is 8.48 Å². The molecule has 0 rings (SSSR count). The van der Waals surface area contributed by atoms with Crippen LogP contribution in [-0.4, -0.2) is 36.6 Å². The summed E-state index contributed by atoms with van der Waals surface area (Å²) in [6.45, 7) is 11.3. The first-order valence-electron chi connectivity index (χ1n) is 5.68. The number of unbranched alkanes of at least 4 members (excludes halogenated alkanes) is 2. The molecule has 0 saturated heterocycles. The van der Waals surface area contributed by atoms with Crippen LogP contribution in [0.3, 0.4) is 0 Å². The fourth-order valence-corrected chi connectivity index (χ4v) is 3.32. The zero-order chi connectivity index (χ0) is 11.0. The molecule has 0 amide bonds. The van der Waals surface area contributed by atoms with Crippen molar-refractivity contribution in [1.82, 2.24) is 4.57 Å². The van der Waals surface area contributed by atoms with Gasteiger partial charge in [0.2, 0.25) is 10.5 Å². The van der Waals surface area contributed by atoms with Crippen LogP contribution < -0.4 is 0 Å². The molecule has 2 nitrogen and oxygen atoms in total. The first kappa shape index (κ1) is 14.4. The quantitative estimate of drug-likeness (QED) is 0.595. The van der Waals surface area contributed by atoms with Crippen LogP contribution in [0.4, 0.5) is 0 Å². The van der Waals surface area contributed by atoms with E-state index in [-0.39, 0.29) is 0 Å². The van der Waals surface area contributed by atoms with Gasteiger partial charge < -0.3 is 8.68 Å². The third-order valence-electron chi connectivity index (χ3n) is 2.57. The van der Waals surface area contributed by atoms with Crippen molar-refractivity contribution in [2.75, 3.05) is 13.1 Å². The minimum Gasteiger partial charge on any atom is -0.445 e. The average molecular weight is 230 g/mol. The highest BCUT2D eigenvalue weighted by atomic mass is 28.4. The average Bonchev–Trinajstić information content (AvgIpc) is 2.17. The van der Waals surface area contributed by atoms with Gasteiger partial charge in [-0.05, 0) is 39.0 Å². The van der Waals surface area contributed by atoms with Crippen LogP contribution in [0.25, 0.3) is 0 Å². The molecule has 0 N–H and O–H groups in total. The third-order valence-corrected chi connectivity index (χ3v) is 6.54. The lowest BCUT2D eigenvalue weighted by Crippen LogP contribution is -2.51. The van der Waals surface area contributed by atoms with Gasteiger partial charge in [-0.1, -0.05) is 26.7 Å². The molecular weight excluding hydrogens is 206 g/mol. The summed E-state index contributed by atoms with van der Waals surface area (Å²) in [7, 11) is 1.59. The molecule has 0 aliphatic rings. The lowest BCUT2D eigenvalue weighted by Gasteiger charge is -2.35. The molecule has 3 radical (unpaired) electrons. The maximum absolute atomic E-state index is 5.46. The number of hydrogen-bond acceptors (Lipinski definition) is 2. The predicted octanol–water partition coefficient (Wildman–Crippen LogP) is 2.69. The van der Waals surface area contributed by atoms with Gasteiger partial charge >= 0.3 is 0 Å². The molecule has 14 heavy (non-hydrogen) atoms. The fraction of sp³-hybridized carbons (Fsp3) is 1.00. The monoisotopic (exact) mass is 230 g/mol. The van der Waals surface area contributed by atoms with Crippen molar-refractivity contribution >= 4 is 19.0 Å². The SMILES string of the molecule is CCCCN(CCCC)[Si](C)(C)O[Si]. The van der Waals surface area contributed by atoms with Crippen LogP contribution in [0, 0.1) is 0 Å². The summed E-state index contributed by atoms with van der Waals surface area (Å²) < 4.78 is 8.00. The van der Waals surface area contributed by atoms with Gasteiger partial charge in [0, 0.05) is 0 Å². The van der Waals surface area contributed by atoms with Crippen molar-refractivity contribution in [3.8, 4) is 0 Å². The van der Waals surface area contributed by atoms with Crippen LogP contribution in [0.5, 0.6) is 0 Å². The van der Waals surface area contributed by atoms with Crippen molar-refractivity contribution in [3.05, 3.63) is 0 Å². The molecule has 0 bridgehead atoms. The minimum atomic E-state index is -1.63. The molecule has 0 aromatic heterocycles. The van der Waals surface area contributed by atoms with Crippen LogP contribution in [0.1, 0.15) is 39.5 Å². The Morgan fingerprint density at radius 2 is 1.50 bits per heavy atom. The molecule has 83 valence electrons. The number of hydrogen-bond donors (Lipinski definition) is 0. The van der Waals surface area contributed by atoms with E-state index in [4.69, 9.17) is 4.12 Å². The summed E-state index contributed by atoms with van der Waals surface area (Å²) in [4.78, 5) is 0. The largest absolute Gasteiger partial charge is 0.445 e. The molecule has 0 fully saturated rings. The molecule has 4 heteroatoms. The third kappa shape index (κ3) is 5.29. The van der Waals surface area contributed by atoms with E-state index in [0.717, 1.165) is 0 Å².